The lowest BCUT2D eigenvalue weighted by Crippen LogP contribution is -2.50. The molecule has 0 saturated carbocycles. The van der Waals surface area contributed by atoms with Crippen molar-refractivity contribution in [2.75, 3.05) is 19.8 Å². The summed E-state index contributed by atoms with van der Waals surface area (Å²) in [4.78, 5) is 24.5. The highest BCUT2D eigenvalue weighted by Crippen LogP contribution is 2.26. The first-order valence-electron chi connectivity index (χ1n) is 11.4. The molecule has 0 unspecified atom stereocenters. The third-order valence-electron chi connectivity index (χ3n) is 6.21. The fraction of sp³-hybridized carbons (Fsp3) is 0.360. The van der Waals surface area contributed by atoms with Crippen molar-refractivity contribution in [3.05, 3.63) is 65.6 Å². The van der Waals surface area contributed by atoms with Crippen LogP contribution in [0.2, 0.25) is 0 Å². The van der Waals surface area contributed by atoms with E-state index in [1.807, 2.05) is 31.4 Å². The lowest BCUT2D eigenvalue weighted by atomic mass is 10.2. The molecule has 1 aliphatic heterocycles. The van der Waals surface area contributed by atoms with Gasteiger partial charge >= 0.3 is 0 Å². The summed E-state index contributed by atoms with van der Waals surface area (Å²) in [5.41, 5.74) is 2.24. The summed E-state index contributed by atoms with van der Waals surface area (Å²) in [6.07, 6.45) is 6.98. The van der Waals surface area contributed by atoms with Gasteiger partial charge in [0.1, 0.15) is 11.5 Å². The quantitative estimate of drug-likeness (QED) is 0.437. The van der Waals surface area contributed by atoms with Crippen LogP contribution in [-0.4, -0.2) is 61.1 Å². The van der Waals surface area contributed by atoms with Crippen LogP contribution < -0.4 is 10.3 Å². The molecule has 1 aromatic carbocycles. The molecule has 34 heavy (non-hydrogen) atoms. The van der Waals surface area contributed by atoms with Crippen LogP contribution >= 0.6 is 0 Å². The summed E-state index contributed by atoms with van der Waals surface area (Å²) >= 11 is 0. The maximum absolute atomic E-state index is 13.2. The molecule has 4 aromatic rings. The van der Waals surface area contributed by atoms with E-state index in [1.54, 1.807) is 40.1 Å². The van der Waals surface area contributed by atoms with Crippen molar-refractivity contribution in [3.63, 3.8) is 0 Å². The van der Waals surface area contributed by atoms with Crippen molar-refractivity contribution in [2.24, 2.45) is 7.05 Å². The summed E-state index contributed by atoms with van der Waals surface area (Å²) in [6.45, 7) is 7.07. The second-order valence-corrected chi connectivity index (χ2v) is 8.78. The Morgan fingerprint density at radius 1 is 1.06 bits per heavy atom. The van der Waals surface area contributed by atoms with Crippen LogP contribution in [0.15, 0.2) is 60.0 Å². The first-order chi connectivity index (χ1) is 16.5. The highest BCUT2D eigenvalue weighted by molar-refractivity contribution is 5.79. The van der Waals surface area contributed by atoms with Gasteiger partial charge in [-0.3, -0.25) is 23.9 Å². The normalized spacial score (nSPS) is 18.9. The number of nitrogens with zero attached hydrogens (tertiary/aromatic N) is 6. The molecule has 5 rings (SSSR count). The number of ether oxygens (including phenoxy) is 2. The van der Waals surface area contributed by atoms with Crippen LogP contribution in [0.4, 0.5) is 0 Å². The number of hydrogen-bond donors (Lipinski definition) is 0. The average Bonchev–Trinajstić information content (AvgIpc) is 3.27. The molecule has 0 radical (unpaired) electrons. The number of pyridine rings is 1. The molecule has 3 aromatic heterocycles. The summed E-state index contributed by atoms with van der Waals surface area (Å²) in [7, 11) is 1.86. The minimum atomic E-state index is -0.0743. The average molecular weight is 461 g/mol. The van der Waals surface area contributed by atoms with Gasteiger partial charge in [0.15, 0.2) is 0 Å². The van der Waals surface area contributed by atoms with Crippen LogP contribution in [0.3, 0.4) is 0 Å². The van der Waals surface area contributed by atoms with Crippen molar-refractivity contribution in [2.45, 2.75) is 32.5 Å². The Labute approximate surface area is 197 Å². The molecule has 1 aliphatic rings. The van der Waals surface area contributed by atoms with Crippen molar-refractivity contribution >= 4 is 10.9 Å². The first kappa shape index (κ1) is 22.2. The van der Waals surface area contributed by atoms with Gasteiger partial charge in [0.05, 0.1) is 42.3 Å². The highest BCUT2D eigenvalue weighted by atomic mass is 16.5. The Balaban J connectivity index is 1.37. The van der Waals surface area contributed by atoms with Gasteiger partial charge in [-0.1, -0.05) is 0 Å². The maximum atomic E-state index is 13.2. The number of rotatable bonds is 6. The molecule has 1 fully saturated rings. The Kier molecular flexibility index (Phi) is 6.12. The molecule has 0 spiro atoms. The van der Waals surface area contributed by atoms with Gasteiger partial charge in [-0.15, -0.1) is 0 Å². The minimum Gasteiger partial charge on any atom is -0.457 e. The predicted molar refractivity (Wildman–Crippen MR) is 129 cm³/mol. The second-order valence-electron chi connectivity index (χ2n) is 8.78. The number of fused-ring (bicyclic) bond motifs is 1. The van der Waals surface area contributed by atoms with Crippen LogP contribution in [0.25, 0.3) is 22.2 Å². The topological polar surface area (TPSA) is 87.3 Å². The molecule has 9 nitrogen and oxygen atoms in total. The van der Waals surface area contributed by atoms with E-state index in [-0.39, 0.29) is 5.56 Å². The number of aromatic nitrogens is 5. The minimum absolute atomic E-state index is 0.0743. The van der Waals surface area contributed by atoms with E-state index < -0.39 is 0 Å². The number of benzene rings is 1. The third kappa shape index (κ3) is 4.57. The summed E-state index contributed by atoms with van der Waals surface area (Å²) in [5, 5.41) is 4.73. The van der Waals surface area contributed by atoms with E-state index in [1.165, 1.54) is 0 Å². The number of hydrogen-bond acceptors (Lipinski definition) is 7. The molecule has 176 valence electrons. The Hall–Kier alpha value is -3.56. The largest absolute Gasteiger partial charge is 0.457 e. The van der Waals surface area contributed by atoms with E-state index in [2.05, 4.69) is 33.8 Å². The van der Waals surface area contributed by atoms with Gasteiger partial charge in [0, 0.05) is 56.2 Å². The van der Waals surface area contributed by atoms with E-state index in [9.17, 15) is 4.79 Å². The van der Waals surface area contributed by atoms with Gasteiger partial charge in [-0.25, -0.2) is 4.98 Å². The molecule has 0 N–H and O–H groups in total. The Morgan fingerprint density at radius 2 is 1.85 bits per heavy atom. The van der Waals surface area contributed by atoms with Crippen LogP contribution in [-0.2, 0) is 18.3 Å². The molecule has 2 atom stereocenters. The second kappa shape index (κ2) is 9.36. The molecule has 1 saturated heterocycles. The SMILES string of the molecule is C[C@@H]1COC[C@H](C)N1CCn1cnc2ccc(Oc3ccnc(-c4cnn(C)c4)c3)cc2c1=O. The molecule has 9 heteroatoms. The molecule has 0 bridgehead atoms. The van der Waals surface area contributed by atoms with Gasteiger partial charge in [0.25, 0.3) is 5.56 Å². The first-order valence-corrected chi connectivity index (χ1v) is 11.4. The highest BCUT2D eigenvalue weighted by Gasteiger charge is 2.25. The molecule has 4 heterocycles. The maximum Gasteiger partial charge on any atom is 0.261 e. The van der Waals surface area contributed by atoms with E-state index in [4.69, 9.17) is 9.47 Å². The Bertz CT molecular complexity index is 1350. The fourth-order valence-electron chi connectivity index (χ4n) is 4.38. The molecular weight excluding hydrogens is 432 g/mol. The standard InChI is InChI=1S/C25H28N6O3/c1-17-14-33-15-18(2)31(17)9-8-30-16-27-23-5-4-20(10-22(23)25(30)32)34-21-6-7-26-24(11-21)19-12-28-29(3)13-19/h4-7,10-13,16-18H,8-9,14-15H2,1-3H3/t17-,18+. The van der Waals surface area contributed by atoms with Gasteiger partial charge in [-0.05, 0) is 38.1 Å². The van der Waals surface area contributed by atoms with Crippen molar-refractivity contribution in [1.82, 2.24) is 29.2 Å². The lowest BCUT2D eigenvalue weighted by molar-refractivity contribution is -0.0379. The van der Waals surface area contributed by atoms with E-state index in [0.717, 1.165) is 17.8 Å². The summed E-state index contributed by atoms with van der Waals surface area (Å²) in [6, 6.07) is 9.68. The van der Waals surface area contributed by atoms with Crippen LogP contribution in [0, 0.1) is 0 Å². The van der Waals surface area contributed by atoms with Gasteiger partial charge < -0.3 is 9.47 Å². The van der Waals surface area contributed by atoms with Gasteiger partial charge in [0.2, 0.25) is 0 Å². The summed E-state index contributed by atoms with van der Waals surface area (Å²) in [5.74, 6) is 1.20. The zero-order valence-corrected chi connectivity index (χ0v) is 19.6. The molecule has 0 amide bonds. The molecule has 0 aliphatic carbocycles. The predicted octanol–water partition coefficient (Wildman–Crippen LogP) is 3.09. The number of aryl methyl sites for hydroxylation is 1. The smallest absolute Gasteiger partial charge is 0.261 e. The van der Waals surface area contributed by atoms with E-state index in [0.29, 0.717) is 54.2 Å². The number of morpholine rings is 1. The van der Waals surface area contributed by atoms with Crippen molar-refractivity contribution in [1.29, 1.82) is 0 Å². The zero-order chi connectivity index (χ0) is 23.7. The summed E-state index contributed by atoms with van der Waals surface area (Å²) < 4.78 is 15.1. The van der Waals surface area contributed by atoms with Gasteiger partial charge in [-0.2, -0.15) is 5.10 Å². The monoisotopic (exact) mass is 460 g/mol. The molecular formula is C25H28N6O3. The lowest BCUT2D eigenvalue weighted by Gasteiger charge is -2.38. The Morgan fingerprint density at radius 3 is 2.62 bits per heavy atom. The van der Waals surface area contributed by atoms with Crippen LogP contribution in [0.1, 0.15) is 13.8 Å². The fourth-order valence-corrected chi connectivity index (χ4v) is 4.38. The van der Waals surface area contributed by atoms with Crippen LogP contribution in [0.5, 0.6) is 11.5 Å². The van der Waals surface area contributed by atoms with E-state index >= 15 is 0 Å². The van der Waals surface area contributed by atoms with Crippen molar-refractivity contribution in [3.8, 4) is 22.8 Å². The van der Waals surface area contributed by atoms with Crippen molar-refractivity contribution < 1.29 is 9.47 Å². The third-order valence-corrected chi connectivity index (χ3v) is 6.21. The zero-order valence-electron chi connectivity index (χ0n) is 19.6.